The number of nitrogens with zero attached hydrogens (tertiary/aromatic N) is 2. The average Bonchev–Trinajstić information content (AvgIpc) is 2.41. The summed E-state index contributed by atoms with van der Waals surface area (Å²) in [7, 11) is 0. The second kappa shape index (κ2) is 6.53. The fourth-order valence-electron chi connectivity index (χ4n) is 2.64. The van der Waals surface area contributed by atoms with E-state index in [1.165, 1.54) is 25.7 Å². The molecule has 3 atom stereocenters. The van der Waals surface area contributed by atoms with Crippen molar-refractivity contribution in [3.05, 3.63) is 18.0 Å². The maximum absolute atomic E-state index is 5.90. The predicted octanol–water partition coefficient (Wildman–Crippen LogP) is 3.03. The molecule has 1 aliphatic carbocycles. The summed E-state index contributed by atoms with van der Waals surface area (Å²) in [6.07, 6.45) is 8.94. The summed E-state index contributed by atoms with van der Waals surface area (Å²) in [6, 6.07) is 0. The average molecular weight is 265 g/mol. The molecule has 0 aliphatic heterocycles. The molecule has 18 heavy (non-hydrogen) atoms. The summed E-state index contributed by atoms with van der Waals surface area (Å²) in [6.45, 7) is 5.10. The van der Waals surface area contributed by atoms with Crippen LogP contribution in [0.1, 0.15) is 38.2 Å². The maximum atomic E-state index is 5.90. The summed E-state index contributed by atoms with van der Waals surface area (Å²) >= 11 is 1.82. The fourth-order valence-corrected chi connectivity index (χ4v) is 3.94. The highest BCUT2D eigenvalue weighted by atomic mass is 32.2. The molecule has 1 fully saturated rings. The van der Waals surface area contributed by atoms with Crippen LogP contribution in [0.2, 0.25) is 0 Å². The molecule has 0 bridgehead atoms. The van der Waals surface area contributed by atoms with Gasteiger partial charge in [-0.1, -0.05) is 31.5 Å². The van der Waals surface area contributed by atoms with E-state index in [-0.39, 0.29) is 0 Å². The van der Waals surface area contributed by atoms with Gasteiger partial charge in [0, 0.05) is 17.6 Å². The third-order valence-corrected chi connectivity index (χ3v) is 5.23. The van der Waals surface area contributed by atoms with Gasteiger partial charge in [0.15, 0.2) is 5.16 Å². The van der Waals surface area contributed by atoms with Gasteiger partial charge in [-0.2, -0.15) is 0 Å². The highest BCUT2D eigenvalue weighted by Crippen LogP contribution is 2.39. The third-order valence-electron chi connectivity index (χ3n) is 3.93. The lowest BCUT2D eigenvalue weighted by Crippen LogP contribution is -2.32. The van der Waals surface area contributed by atoms with E-state index in [4.69, 9.17) is 5.73 Å². The Morgan fingerprint density at radius 3 is 2.67 bits per heavy atom. The van der Waals surface area contributed by atoms with E-state index in [9.17, 15) is 0 Å². The maximum Gasteiger partial charge on any atom is 0.187 e. The van der Waals surface area contributed by atoms with E-state index >= 15 is 0 Å². The van der Waals surface area contributed by atoms with Crippen LogP contribution in [0.25, 0.3) is 0 Å². The molecule has 3 unspecified atom stereocenters. The number of aromatic nitrogens is 2. The van der Waals surface area contributed by atoms with Crippen LogP contribution in [0.3, 0.4) is 0 Å². The lowest BCUT2D eigenvalue weighted by Gasteiger charge is -2.34. The van der Waals surface area contributed by atoms with Gasteiger partial charge in [-0.25, -0.2) is 9.97 Å². The van der Waals surface area contributed by atoms with Gasteiger partial charge < -0.3 is 5.73 Å². The van der Waals surface area contributed by atoms with Crippen molar-refractivity contribution in [2.45, 2.75) is 49.9 Å². The molecule has 1 saturated carbocycles. The SMILES string of the molecule is CCC1CCC(CN)C(Sc2ncc(C)cn2)C1. The van der Waals surface area contributed by atoms with E-state index in [1.807, 2.05) is 31.1 Å². The zero-order chi connectivity index (χ0) is 13.0. The zero-order valence-electron chi connectivity index (χ0n) is 11.3. The van der Waals surface area contributed by atoms with Gasteiger partial charge in [0.05, 0.1) is 0 Å². The van der Waals surface area contributed by atoms with Crippen LogP contribution in [-0.4, -0.2) is 21.8 Å². The Bertz CT molecular complexity index is 366. The molecule has 0 amide bonds. The molecule has 1 aromatic rings. The second-order valence-electron chi connectivity index (χ2n) is 5.28. The monoisotopic (exact) mass is 265 g/mol. The first-order valence-corrected chi connectivity index (χ1v) is 7.76. The Morgan fingerprint density at radius 1 is 1.33 bits per heavy atom. The van der Waals surface area contributed by atoms with Crippen LogP contribution in [0, 0.1) is 18.8 Å². The first kappa shape index (κ1) is 13.8. The zero-order valence-corrected chi connectivity index (χ0v) is 12.1. The Labute approximate surface area is 114 Å². The lowest BCUT2D eigenvalue weighted by atomic mass is 9.80. The third kappa shape index (κ3) is 3.45. The van der Waals surface area contributed by atoms with Crippen molar-refractivity contribution in [3.8, 4) is 0 Å². The van der Waals surface area contributed by atoms with Crippen molar-refractivity contribution in [3.63, 3.8) is 0 Å². The molecule has 1 aliphatic rings. The van der Waals surface area contributed by atoms with E-state index < -0.39 is 0 Å². The summed E-state index contributed by atoms with van der Waals surface area (Å²) < 4.78 is 0. The Balaban J connectivity index is 2.02. The number of aryl methyl sites for hydroxylation is 1. The molecule has 1 aromatic heterocycles. The number of hydrogen-bond donors (Lipinski definition) is 1. The van der Waals surface area contributed by atoms with Gasteiger partial charge in [-0.15, -0.1) is 0 Å². The minimum Gasteiger partial charge on any atom is -0.330 e. The normalized spacial score (nSPS) is 28.3. The van der Waals surface area contributed by atoms with E-state index in [0.717, 1.165) is 23.2 Å². The quantitative estimate of drug-likeness (QED) is 0.850. The first-order chi connectivity index (χ1) is 8.72. The standard InChI is InChI=1S/C14H23N3S/c1-3-11-4-5-12(7-15)13(6-11)18-14-16-8-10(2)9-17-14/h8-9,11-13H,3-7,15H2,1-2H3. The molecule has 4 heteroatoms. The lowest BCUT2D eigenvalue weighted by molar-refractivity contribution is 0.283. The molecule has 100 valence electrons. The van der Waals surface area contributed by atoms with Crippen molar-refractivity contribution >= 4 is 11.8 Å². The van der Waals surface area contributed by atoms with Gasteiger partial charge in [-0.05, 0) is 43.7 Å². The molecular formula is C14H23N3S. The number of hydrogen-bond acceptors (Lipinski definition) is 4. The summed E-state index contributed by atoms with van der Waals surface area (Å²) in [5.74, 6) is 1.48. The van der Waals surface area contributed by atoms with Gasteiger partial charge in [0.2, 0.25) is 0 Å². The van der Waals surface area contributed by atoms with Crippen molar-refractivity contribution < 1.29 is 0 Å². The van der Waals surface area contributed by atoms with Gasteiger partial charge in [0.25, 0.3) is 0 Å². The molecule has 0 radical (unpaired) electrons. The Kier molecular flexibility index (Phi) is 5.01. The van der Waals surface area contributed by atoms with Crippen LogP contribution in [0.5, 0.6) is 0 Å². The molecule has 1 heterocycles. The van der Waals surface area contributed by atoms with Crippen LogP contribution in [0.15, 0.2) is 17.6 Å². The topological polar surface area (TPSA) is 51.8 Å². The van der Waals surface area contributed by atoms with Crippen LogP contribution in [-0.2, 0) is 0 Å². The fraction of sp³-hybridized carbons (Fsp3) is 0.714. The van der Waals surface area contributed by atoms with Crippen molar-refractivity contribution in [2.24, 2.45) is 17.6 Å². The highest BCUT2D eigenvalue weighted by Gasteiger charge is 2.30. The van der Waals surface area contributed by atoms with E-state index in [2.05, 4.69) is 16.9 Å². The summed E-state index contributed by atoms with van der Waals surface area (Å²) in [4.78, 5) is 8.81. The molecular weight excluding hydrogens is 242 g/mol. The summed E-state index contributed by atoms with van der Waals surface area (Å²) in [5, 5.41) is 1.50. The second-order valence-corrected chi connectivity index (χ2v) is 6.49. The highest BCUT2D eigenvalue weighted by molar-refractivity contribution is 7.99. The van der Waals surface area contributed by atoms with Crippen LogP contribution in [0.4, 0.5) is 0 Å². The number of thioether (sulfide) groups is 1. The largest absolute Gasteiger partial charge is 0.330 e. The Hall–Kier alpha value is -0.610. The Morgan fingerprint density at radius 2 is 2.06 bits per heavy atom. The van der Waals surface area contributed by atoms with E-state index in [0.29, 0.717) is 11.2 Å². The molecule has 0 spiro atoms. The van der Waals surface area contributed by atoms with Gasteiger partial charge in [0.1, 0.15) is 0 Å². The van der Waals surface area contributed by atoms with Crippen LogP contribution >= 0.6 is 11.8 Å². The van der Waals surface area contributed by atoms with Gasteiger partial charge in [-0.3, -0.25) is 0 Å². The van der Waals surface area contributed by atoms with E-state index in [1.54, 1.807) is 0 Å². The molecule has 0 saturated heterocycles. The van der Waals surface area contributed by atoms with Crippen molar-refractivity contribution in [2.75, 3.05) is 6.54 Å². The minimum absolute atomic E-state index is 0.594. The van der Waals surface area contributed by atoms with Crippen LogP contribution < -0.4 is 5.73 Å². The molecule has 2 N–H and O–H groups in total. The number of rotatable bonds is 4. The van der Waals surface area contributed by atoms with Gasteiger partial charge >= 0.3 is 0 Å². The van der Waals surface area contributed by atoms with Crippen molar-refractivity contribution in [1.82, 2.24) is 9.97 Å². The first-order valence-electron chi connectivity index (χ1n) is 6.88. The number of nitrogens with two attached hydrogens (primary N) is 1. The minimum atomic E-state index is 0.594. The van der Waals surface area contributed by atoms with Crippen molar-refractivity contribution in [1.29, 1.82) is 0 Å². The predicted molar refractivity (Wildman–Crippen MR) is 76.6 cm³/mol. The molecule has 2 rings (SSSR count). The molecule has 0 aromatic carbocycles. The smallest absolute Gasteiger partial charge is 0.187 e. The molecule has 3 nitrogen and oxygen atoms in total. The summed E-state index contributed by atoms with van der Waals surface area (Å²) in [5.41, 5.74) is 7.02.